The van der Waals surface area contributed by atoms with E-state index in [4.69, 9.17) is 34.4 Å². The minimum absolute atomic E-state index is 0.00350. The fourth-order valence-electron chi connectivity index (χ4n) is 2.37. The molecule has 1 atom stereocenters. The molecular weight excluding hydrogens is 357 g/mol. The first-order valence-electron chi connectivity index (χ1n) is 7.41. The van der Waals surface area contributed by atoms with Crippen LogP contribution in [-0.2, 0) is 10.7 Å². The fourth-order valence-corrected chi connectivity index (χ4v) is 2.37. The van der Waals surface area contributed by atoms with Crippen LogP contribution in [0.1, 0.15) is 21.6 Å². The topological polar surface area (TPSA) is 130 Å². The van der Waals surface area contributed by atoms with Gasteiger partial charge in [0, 0.05) is 5.56 Å². The first-order chi connectivity index (χ1) is 12.4. The van der Waals surface area contributed by atoms with Crippen molar-refractivity contribution in [3.8, 4) is 11.3 Å². The molecule has 2 aromatic rings. The van der Waals surface area contributed by atoms with E-state index >= 15 is 0 Å². The van der Waals surface area contributed by atoms with E-state index in [0.29, 0.717) is 0 Å². The third-order valence-electron chi connectivity index (χ3n) is 3.87. The maximum atomic E-state index is 13.3. The molecule has 7 nitrogen and oxygen atoms in total. The highest BCUT2D eigenvalue weighted by molar-refractivity contribution is 6.59. The number of carbonyl (C=O) groups is 1. The van der Waals surface area contributed by atoms with E-state index in [2.05, 4.69) is 9.97 Å². The summed E-state index contributed by atoms with van der Waals surface area (Å²) >= 11 is 0. The summed E-state index contributed by atoms with van der Waals surface area (Å²) in [5.74, 6) is -1.85. The van der Waals surface area contributed by atoms with Gasteiger partial charge in [-0.3, -0.25) is 0 Å². The van der Waals surface area contributed by atoms with Gasteiger partial charge < -0.3 is 21.1 Å². The second kappa shape index (κ2) is 7.28. The van der Waals surface area contributed by atoms with Crippen molar-refractivity contribution in [1.82, 2.24) is 9.97 Å². The molecule has 0 saturated carbocycles. The highest BCUT2D eigenvalue weighted by atomic mass is 19.3. The minimum Gasteiger partial charge on any atom is -0.476 e. The van der Waals surface area contributed by atoms with Gasteiger partial charge >= 0.3 is 5.97 Å². The van der Waals surface area contributed by atoms with Gasteiger partial charge in [-0.05, 0) is 11.6 Å². The van der Waals surface area contributed by atoms with Crippen LogP contribution in [0.25, 0.3) is 11.3 Å². The van der Waals surface area contributed by atoms with Crippen molar-refractivity contribution in [2.75, 3.05) is 12.3 Å². The molecule has 0 bridgehead atoms. The maximum Gasteiger partial charge on any atom is 0.358 e. The first kappa shape index (κ1) is 20.9. The number of hydrogen-bond donors (Lipinski definition) is 4. The molecule has 0 spiro atoms. The number of nitrogens with two attached hydrogens (primary N) is 1. The summed E-state index contributed by atoms with van der Waals surface area (Å²) < 4.78 is 26.5. The lowest BCUT2D eigenvalue weighted by Crippen LogP contribution is -2.38. The Labute approximate surface area is 156 Å². The molecule has 0 amide bonds. The molecule has 12 heteroatoms. The molecule has 1 heterocycles. The Bertz CT molecular complexity index is 880. The average Bonchev–Trinajstić information content (AvgIpc) is 2.59. The summed E-state index contributed by atoms with van der Waals surface area (Å²) in [6.07, 6.45) is -2.26. The Morgan fingerprint density at radius 2 is 1.93 bits per heavy atom. The van der Waals surface area contributed by atoms with Crippen LogP contribution in [0.3, 0.4) is 0 Å². The lowest BCUT2D eigenvalue weighted by Gasteiger charge is -2.29. The summed E-state index contributed by atoms with van der Waals surface area (Å²) in [5, 5.41) is 26.5. The number of hydrogen-bond acceptors (Lipinski definition) is 6. The van der Waals surface area contributed by atoms with Crippen LogP contribution < -0.4 is 5.73 Å². The fraction of sp³-hybridized carbons (Fsp3) is 0.267. The van der Waals surface area contributed by atoms with E-state index in [1.807, 2.05) is 0 Å². The molecule has 5 N–H and O–H groups in total. The summed E-state index contributed by atoms with van der Waals surface area (Å²) in [4.78, 5) is 18.7. The molecule has 0 aliphatic rings. The van der Waals surface area contributed by atoms with Crippen molar-refractivity contribution in [1.29, 1.82) is 0 Å². The molecule has 0 aliphatic heterocycles. The first-order valence-corrected chi connectivity index (χ1v) is 7.41. The van der Waals surface area contributed by atoms with E-state index in [9.17, 15) is 23.8 Å². The van der Waals surface area contributed by atoms with Crippen LogP contribution in [0.2, 0.25) is 0 Å². The molecule has 6 radical (unpaired) electrons. The molecule has 0 aliphatic carbocycles. The number of aliphatic hydroxyl groups is 2. The summed E-state index contributed by atoms with van der Waals surface area (Å²) in [6, 6.07) is 3.24. The van der Waals surface area contributed by atoms with Gasteiger partial charge in [-0.25, -0.2) is 23.5 Å². The zero-order chi connectivity index (χ0) is 20.6. The number of aromatic carboxylic acids is 1. The van der Waals surface area contributed by atoms with Crippen molar-refractivity contribution in [3.63, 3.8) is 0 Å². The number of rotatable bonds is 6. The lowest BCUT2D eigenvalue weighted by atomic mass is 9.39. The van der Waals surface area contributed by atoms with Gasteiger partial charge in [0.1, 0.15) is 0 Å². The lowest BCUT2D eigenvalue weighted by molar-refractivity contribution is -0.129. The van der Waals surface area contributed by atoms with E-state index in [1.165, 1.54) is 0 Å². The number of anilines is 1. The standard InChI is InChI=1S/C15H12B3F2N3O4/c16-15(17,18)8-2-1-6(14(27,5-24)13(19)20)3-7(8)9-4-22-11(21)10(23-9)12(25)26/h1-4,13,24,27H,5H2,(H2,21,22)(H,25,26). The number of alkyl halides is 2. The van der Waals surface area contributed by atoms with Crippen LogP contribution >= 0.6 is 0 Å². The number of carboxylic acid groups (broad SMARTS) is 1. The number of aliphatic hydroxyl groups excluding tert-OH is 1. The largest absolute Gasteiger partial charge is 0.476 e. The molecular formula is C15H12B3F2N3O4. The Hall–Kier alpha value is -2.46. The smallest absolute Gasteiger partial charge is 0.358 e. The van der Waals surface area contributed by atoms with Crippen LogP contribution in [0.5, 0.6) is 0 Å². The van der Waals surface area contributed by atoms with Crippen molar-refractivity contribution in [2.45, 2.75) is 17.1 Å². The molecule has 1 aromatic heterocycles. The third kappa shape index (κ3) is 3.96. The van der Waals surface area contributed by atoms with Crippen molar-refractivity contribution < 1.29 is 28.9 Å². The number of nitrogens with zero attached hydrogens (tertiary/aromatic N) is 2. The zero-order valence-electron chi connectivity index (χ0n) is 13.8. The predicted molar refractivity (Wildman–Crippen MR) is 94.8 cm³/mol. The van der Waals surface area contributed by atoms with Crippen molar-refractivity contribution in [2.24, 2.45) is 0 Å². The molecule has 2 rings (SSSR count). The number of carboxylic acids is 1. The third-order valence-corrected chi connectivity index (χ3v) is 3.87. The van der Waals surface area contributed by atoms with Gasteiger partial charge in [-0.1, -0.05) is 17.7 Å². The van der Waals surface area contributed by atoms with Crippen LogP contribution in [0, 0.1) is 0 Å². The molecule has 0 fully saturated rings. The van der Waals surface area contributed by atoms with Crippen molar-refractivity contribution >= 4 is 35.3 Å². The number of benzene rings is 1. The summed E-state index contributed by atoms with van der Waals surface area (Å²) in [6.45, 7) is -1.28. The van der Waals surface area contributed by atoms with E-state index in [-0.39, 0.29) is 22.6 Å². The Kier molecular flexibility index (Phi) is 5.62. The second-order valence-corrected chi connectivity index (χ2v) is 5.87. The summed E-state index contributed by atoms with van der Waals surface area (Å²) in [5.41, 5.74) is 1.38. The van der Waals surface area contributed by atoms with Crippen LogP contribution in [-0.4, -0.2) is 67.8 Å². The van der Waals surface area contributed by atoms with Gasteiger partial charge in [-0.2, -0.15) is 0 Å². The molecule has 0 saturated heterocycles. The van der Waals surface area contributed by atoms with Gasteiger partial charge in [0.25, 0.3) is 6.43 Å². The summed E-state index contributed by atoms with van der Waals surface area (Å²) in [7, 11) is 17.0. The molecule has 1 unspecified atom stereocenters. The quantitative estimate of drug-likeness (QED) is 0.505. The number of halogens is 2. The molecule has 27 heavy (non-hydrogen) atoms. The van der Waals surface area contributed by atoms with Crippen LogP contribution in [0.4, 0.5) is 14.6 Å². The monoisotopic (exact) mass is 369 g/mol. The molecule has 1 aromatic carbocycles. The van der Waals surface area contributed by atoms with Crippen molar-refractivity contribution in [3.05, 3.63) is 41.2 Å². The Morgan fingerprint density at radius 3 is 2.41 bits per heavy atom. The second-order valence-electron chi connectivity index (χ2n) is 5.87. The molecule has 134 valence electrons. The number of nitrogen functional groups attached to an aromatic ring is 1. The highest BCUT2D eigenvalue weighted by Crippen LogP contribution is 2.35. The normalized spacial score (nSPS) is 14.1. The van der Waals surface area contributed by atoms with Crippen LogP contribution in [0.15, 0.2) is 24.4 Å². The predicted octanol–water partition coefficient (Wildman–Crippen LogP) is -0.515. The van der Waals surface area contributed by atoms with Gasteiger partial charge in [0.05, 0.1) is 42.0 Å². The van der Waals surface area contributed by atoms with Gasteiger partial charge in [0.2, 0.25) is 0 Å². The SMILES string of the molecule is [B]C([B])([B])c1ccc(C(O)(CO)C(F)F)cc1-c1cnc(N)c(C(=O)O)n1. The van der Waals surface area contributed by atoms with E-state index in [0.717, 1.165) is 24.4 Å². The van der Waals surface area contributed by atoms with E-state index < -0.39 is 41.0 Å². The minimum atomic E-state index is -3.33. The highest BCUT2D eigenvalue weighted by Gasteiger charge is 2.40. The van der Waals surface area contributed by atoms with E-state index in [1.54, 1.807) is 0 Å². The Morgan fingerprint density at radius 1 is 1.30 bits per heavy atom. The average molecular weight is 369 g/mol. The number of aromatic nitrogens is 2. The maximum absolute atomic E-state index is 13.3. The van der Waals surface area contributed by atoms with Gasteiger partial charge in [-0.15, -0.1) is 5.11 Å². The zero-order valence-corrected chi connectivity index (χ0v) is 13.8. The van der Waals surface area contributed by atoms with Gasteiger partial charge in [0.15, 0.2) is 17.1 Å². The Balaban J connectivity index is 2.78.